The maximum absolute atomic E-state index is 13.1. The predicted molar refractivity (Wildman–Crippen MR) is 72.0 cm³/mol. The lowest BCUT2D eigenvalue weighted by atomic mass is 9.76. The number of halogens is 2. The standard InChI is InChI=1S/C14H19F2N3/c1-8(2)18-14(17)19-13-5-10(6-13)9-3-11(15)7-12(16)4-9/h3-4,7-8,10,13H,5-6H2,1-2H3,(H3,17,18,19). The van der Waals surface area contributed by atoms with Crippen LogP contribution < -0.4 is 11.1 Å². The maximum atomic E-state index is 13.1. The third-order valence-corrected chi connectivity index (χ3v) is 3.23. The minimum atomic E-state index is -0.525. The topological polar surface area (TPSA) is 50.4 Å². The van der Waals surface area contributed by atoms with Crippen LogP contribution in [0.5, 0.6) is 0 Å². The Morgan fingerprint density at radius 2 is 1.84 bits per heavy atom. The number of benzene rings is 1. The Morgan fingerprint density at radius 1 is 1.26 bits per heavy atom. The highest BCUT2D eigenvalue weighted by atomic mass is 19.1. The molecule has 0 aliphatic heterocycles. The van der Waals surface area contributed by atoms with Crippen LogP contribution in [0.1, 0.15) is 38.2 Å². The summed E-state index contributed by atoms with van der Waals surface area (Å²) in [4.78, 5) is 4.34. The predicted octanol–water partition coefficient (Wildman–Crippen LogP) is 2.52. The van der Waals surface area contributed by atoms with Crippen molar-refractivity contribution in [2.75, 3.05) is 0 Å². The van der Waals surface area contributed by atoms with Gasteiger partial charge in [-0.3, -0.25) is 4.99 Å². The van der Waals surface area contributed by atoms with Crippen molar-refractivity contribution < 1.29 is 8.78 Å². The number of hydrogen-bond acceptors (Lipinski definition) is 1. The summed E-state index contributed by atoms with van der Waals surface area (Å²) in [5.41, 5.74) is 6.44. The Hall–Kier alpha value is -1.65. The van der Waals surface area contributed by atoms with Crippen LogP contribution >= 0.6 is 0 Å². The second-order valence-electron chi connectivity index (χ2n) is 5.34. The first-order chi connectivity index (χ1) is 8.94. The van der Waals surface area contributed by atoms with Crippen molar-refractivity contribution >= 4 is 5.96 Å². The number of nitrogens with one attached hydrogen (secondary N) is 1. The van der Waals surface area contributed by atoms with Crippen LogP contribution in [0.2, 0.25) is 0 Å². The van der Waals surface area contributed by atoms with Gasteiger partial charge in [0.2, 0.25) is 0 Å². The van der Waals surface area contributed by atoms with E-state index in [9.17, 15) is 8.78 Å². The Morgan fingerprint density at radius 3 is 2.37 bits per heavy atom. The molecule has 1 aliphatic carbocycles. The summed E-state index contributed by atoms with van der Waals surface area (Å²) >= 11 is 0. The molecule has 0 aromatic heterocycles. The van der Waals surface area contributed by atoms with Crippen molar-refractivity contribution in [3.63, 3.8) is 0 Å². The van der Waals surface area contributed by atoms with E-state index in [4.69, 9.17) is 5.73 Å². The fourth-order valence-corrected chi connectivity index (χ4v) is 2.31. The van der Waals surface area contributed by atoms with Gasteiger partial charge in [-0.05, 0) is 50.3 Å². The minimum Gasteiger partial charge on any atom is -0.370 e. The van der Waals surface area contributed by atoms with E-state index in [1.807, 2.05) is 13.8 Å². The molecule has 5 heteroatoms. The molecule has 0 heterocycles. The normalized spacial score (nSPS) is 23.3. The zero-order chi connectivity index (χ0) is 14.0. The van der Waals surface area contributed by atoms with Gasteiger partial charge in [-0.15, -0.1) is 0 Å². The van der Waals surface area contributed by atoms with E-state index in [0.29, 0.717) is 11.5 Å². The number of aliphatic imine (C=N–C) groups is 1. The van der Waals surface area contributed by atoms with E-state index in [1.54, 1.807) is 0 Å². The van der Waals surface area contributed by atoms with Crippen LogP contribution in [0.4, 0.5) is 8.78 Å². The van der Waals surface area contributed by atoms with Crippen LogP contribution in [-0.2, 0) is 0 Å². The van der Waals surface area contributed by atoms with E-state index < -0.39 is 11.6 Å². The second kappa shape index (κ2) is 5.55. The SMILES string of the molecule is CC(C)NC(N)=NC1CC(c2cc(F)cc(F)c2)C1. The van der Waals surface area contributed by atoms with Crippen LogP contribution in [0, 0.1) is 11.6 Å². The molecule has 0 amide bonds. The highest BCUT2D eigenvalue weighted by molar-refractivity contribution is 5.78. The quantitative estimate of drug-likeness (QED) is 0.653. The number of nitrogens with two attached hydrogens (primary N) is 1. The fraction of sp³-hybridized carbons (Fsp3) is 0.500. The van der Waals surface area contributed by atoms with E-state index in [2.05, 4.69) is 10.3 Å². The summed E-state index contributed by atoms with van der Waals surface area (Å²) in [6.07, 6.45) is 1.56. The van der Waals surface area contributed by atoms with Gasteiger partial charge < -0.3 is 11.1 Å². The van der Waals surface area contributed by atoms with Gasteiger partial charge in [-0.1, -0.05) is 0 Å². The fourth-order valence-electron chi connectivity index (χ4n) is 2.31. The molecule has 0 radical (unpaired) electrons. The molecule has 1 aliphatic rings. The van der Waals surface area contributed by atoms with Gasteiger partial charge in [0.25, 0.3) is 0 Å². The summed E-state index contributed by atoms with van der Waals surface area (Å²) in [7, 11) is 0. The van der Waals surface area contributed by atoms with Crippen molar-refractivity contribution in [2.45, 2.75) is 44.7 Å². The zero-order valence-electron chi connectivity index (χ0n) is 11.2. The first-order valence-corrected chi connectivity index (χ1v) is 6.50. The number of guanidine groups is 1. The zero-order valence-corrected chi connectivity index (χ0v) is 11.2. The van der Waals surface area contributed by atoms with Crippen molar-refractivity contribution in [2.24, 2.45) is 10.7 Å². The Kier molecular flexibility index (Phi) is 4.02. The number of nitrogens with zero attached hydrogens (tertiary/aromatic N) is 1. The third kappa shape index (κ3) is 3.66. The van der Waals surface area contributed by atoms with Crippen LogP contribution in [0.25, 0.3) is 0 Å². The van der Waals surface area contributed by atoms with Gasteiger partial charge in [-0.2, -0.15) is 0 Å². The Labute approximate surface area is 111 Å². The molecule has 0 spiro atoms. The molecule has 0 atom stereocenters. The molecular formula is C14H19F2N3. The summed E-state index contributed by atoms with van der Waals surface area (Å²) in [6, 6.07) is 4.06. The van der Waals surface area contributed by atoms with Crippen molar-refractivity contribution in [3.8, 4) is 0 Å². The Bertz CT molecular complexity index is 459. The third-order valence-electron chi connectivity index (χ3n) is 3.23. The highest BCUT2D eigenvalue weighted by Gasteiger charge is 2.30. The largest absolute Gasteiger partial charge is 0.370 e. The lowest BCUT2D eigenvalue weighted by molar-refractivity contribution is 0.350. The van der Waals surface area contributed by atoms with E-state index in [0.717, 1.165) is 18.9 Å². The maximum Gasteiger partial charge on any atom is 0.189 e. The molecule has 3 nitrogen and oxygen atoms in total. The summed E-state index contributed by atoms with van der Waals surface area (Å²) < 4.78 is 26.2. The lowest BCUT2D eigenvalue weighted by Gasteiger charge is -2.33. The highest BCUT2D eigenvalue weighted by Crippen LogP contribution is 2.39. The van der Waals surface area contributed by atoms with Crippen molar-refractivity contribution in [1.82, 2.24) is 5.32 Å². The molecule has 19 heavy (non-hydrogen) atoms. The second-order valence-corrected chi connectivity index (χ2v) is 5.34. The molecule has 1 saturated carbocycles. The first-order valence-electron chi connectivity index (χ1n) is 6.50. The average molecular weight is 267 g/mol. The molecule has 3 N–H and O–H groups in total. The van der Waals surface area contributed by atoms with Gasteiger partial charge in [-0.25, -0.2) is 8.78 Å². The van der Waals surface area contributed by atoms with Gasteiger partial charge >= 0.3 is 0 Å². The molecule has 0 saturated heterocycles. The monoisotopic (exact) mass is 267 g/mol. The molecule has 0 unspecified atom stereocenters. The molecule has 1 aromatic carbocycles. The van der Waals surface area contributed by atoms with E-state index in [-0.39, 0.29) is 18.0 Å². The van der Waals surface area contributed by atoms with Gasteiger partial charge in [0.05, 0.1) is 6.04 Å². The molecular weight excluding hydrogens is 248 g/mol. The van der Waals surface area contributed by atoms with Crippen LogP contribution in [-0.4, -0.2) is 18.0 Å². The smallest absolute Gasteiger partial charge is 0.189 e. The molecule has 1 aromatic rings. The minimum absolute atomic E-state index is 0.141. The van der Waals surface area contributed by atoms with Crippen LogP contribution in [0.3, 0.4) is 0 Å². The van der Waals surface area contributed by atoms with Crippen molar-refractivity contribution in [1.29, 1.82) is 0 Å². The summed E-state index contributed by atoms with van der Waals surface area (Å²) in [6.45, 7) is 3.98. The lowest BCUT2D eigenvalue weighted by Crippen LogP contribution is -2.39. The van der Waals surface area contributed by atoms with E-state index >= 15 is 0 Å². The Balaban J connectivity index is 1.92. The van der Waals surface area contributed by atoms with E-state index in [1.165, 1.54) is 12.1 Å². The molecule has 1 fully saturated rings. The molecule has 2 rings (SSSR count). The first kappa shape index (κ1) is 13.8. The average Bonchev–Trinajstić information content (AvgIpc) is 2.20. The molecule has 0 bridgehead atoms. The van der Waals surface area contributed by atoms with Crippen LogP contribution in [0.15, 0.2) is 23.2 Å². The molecule has 104 valence electrons. The van der Waals surface area contributed by atoms with Gasteiger partial charge in [0.15, 0.2) is 5.96 Å². The summed E-state index contributed by atoms with van der Waals surface area (Å²) in [5, 5.41) is 3.02. The number of hydrogen-bond donors (Lipinski definition) is 2. The number of rotatable bonds is 3. The van der Waals surface area contributed by atoms with Gasteiger partial charge in [0.1, 0.15) is 11.6 Å². The summed E-state index contributed by atoms with van der Waals surface area (Å²) in [5.74, 6) is -0.444. The van der Waals surface area contributed by atoms with Crippen molar-refractivity contribution in [3.05, 3.63) is 35.4 Å². The van der Waals surface area contributed by atoms with Gasteiger partial charge in [0, 0.05) is 12.1 Å².